The number of nitrogens with zero attached hydrogens (tertiary/aromatic N) is 4. The van der Waals surface area contributed by atoms with Crippen molar-refractivity contribution in [2.75, 3.05) is 12.4 Å². The summed E-state index contributed by atoms with van der Waals surface area (Å²) in [6.07, 6.45) is 4.18. The lowest BCUT2D eigenvalue weighted by atomic mass is 10.1. The molecule has 0 fully saturated rings. The predicted octanol–water partition coefficient (Wildman–Crippen LogP) is 3.68. The van der Waals surface area contributed by atoms with E-state index < -0.39 is 0 Å². The number of amides is 1. The van der Waals surface area contributed by atoms with Crippen LogP contribution in [0, 0.1) is 0 Å². The standard InChI is InChI=1S/C26H29N7O2/c1-4-13-33-24(31-32-25(33)23-11-12-27-17-29-23)16-28-21-9-5-8-20(14-21)26(34)30-18(2)19-7-6-10-22(15-19)35-3/h5-12,14-15,17-18,28H,4,13,16H2,1-3H3,(H,30,34)/p+1/t18-/m0/s1. The number of ether oxygens (including phenoxy) is 1. The highest BCUT2D eigenvalue weighted by atomic mass is 16.5. The number of nitrogens with one attached hydrogen (secondary N) is 3. The van der Waals surface area contributed by atoms with Crippen molar-refractivity contribution in [3.63, 3.8) is 0 Å². The van der Waals surface area contributed by atoms with Gasteiger partial charge in [0.15, 0.2) is 0 Å². The summed E-state index contributed by atoms with van der Waals surface area (Å²) in [6.45, 7) is 5.39. The fourth-order valence-corrected chi connectivity index (χ4v) is 3.81. The molecule has 0 aliphatic heterocycles. The average Bonchev–Trinajstić information content (AvgIpc) is 3.30. The molecule has 2 aromatic heterocycles. The van der Waals surface area contributed by atoms with E-state index in [1.54, 1.807) is 19.4 Å². The molecule has 0 spiro atoms. The molecule has 9 heteroatoms. The Balaban J connectivity index is 1.44. The second kappa shape index (κ2) is 11.2. The first-order chi connectivity index (χ1) is 17.1. The van der Waals surface area contributed by atoms with Gasteiger partial charge in [0.25, 0.3) is 11.7 Å². The highest BCUT2D eigenvalue weighted by molar-refractivity contribution is 5.95. The van der Waals surface area contributed by atoms with Gasteiger partial charge in [0.2, 0.25) is 0 Å². The summed E-state index contributed by atoms with van der Waals surface area (Å²) < 4.78 is 7.40. The number of hydrogen-bond donors (Lipinski definition) is 3. The largest absolute Gasteiger partial charge is 0.497 e. The maximum absolute atomic E-state index is 12.9. The Morgan fingerprint density at radius 2 is 2.03 bits per heavy atom. The molecule has 4 rings (SSSR count). The molecule has 0 bridgehead atoms. The van der Waals surface area contributed by atoms with Gasteiger partial charge in [-0.25, -0.2) is 14.5 Å². The zero-order chi connectivity index (χ0) is 24.6. The van der Waals surface area contributed by atoms with E-state index in [-0.39, 0.29) is 11.9 Å². The normalized spacial score (nSPS) is 11.6. The minimum absolute atomic E-state index is 0.141. The molecule has 0 saturated heterocycles. The van der Waals surface area contributed by atoms with Crippen LogP contribution in [0.2, 0.25) is 0 Å². The van der Waals surface area contributed by atoms with Crippen molar-refractivity contribution in [1.82, 2.24) is 25.5 Å². The fraction of sp³-hybridized carbons (Fsp3) is 0.269. The maximum Gasteiger partial charge on any atom is 0.327 e. The second-order valence-electron chi connectivity index (χ2n) is 8.15. The van der Waals surface area contributed by atoms with Gasteiger partial charge in [0.05, 0.1) is 19.7 Å². The molecule has 0 aliphatic carbocycles. The molecule has 35 heavy (non-hydrogen) atoms. The van der Waals surface area contributed by atoms with E-state index in [1.165, 1.54) is 6.33 Å². The van der Waals surface area contributed by atoms with E-state index in [1.807, 2.05) is 55.5 Å². The van der Waals surface area contributed by atoms with Crippen LogP contribution in [0.4, 0.5) is 5.69 Å². The number of anilines is 1. The zero-order valence-corrected chi connectivity index (χ0v) is 20.2. The maximum atomic E-state index is 12.9. The van der Waals surface area contributed by atoms with Gasteiger partial charge in [-0.05, 0) is 55.3 Å². The molecule has 1 amide bonds. The minimum atomic E-state index is -0.160. The molecule has 2 aromatic carbocycles. The number of aromatic amines is 1. The first-order valence-electron chi connectivity index (χ1n) is 11.6. The zero-order valence-electron chi connectivity index (χ0n) is 20.2. The number of benzene rings is 2. The van der Waals surface area contributed by atoms with E-state index in [4.69, 9.17) is 4.74 Å². The Hall–Kier alpha value is -4.27. The van der Waals surface area contributed by atoms with Crippen LogP contribution in [0.25, 0.3) is 11.5 Å². The third-order valence-electron chi connectivity index (χ3n) is 5.66. The molecule has 180 valence electrons. The van der Waals surface area contributed by atoms with Gasteiger partial charge in [-0.2, -0.15) is 0 Å². The monoisotopic (exact) mass is 472 g/mol. The van der Waals surface area contributed by atoms with Crippen molar-refractivity contribution >= 4 is 11.6 Å². The molecular weight excluding hydrogens is 442 g/mol. The number of rotatable bonds is 10. The Labute approximate surface area is 204 Å². The number of hydrogen-bond acceptors (Lipinski definition) is 6. The van der Waals surface area contributed by atoms with Crippen molar-refractivity contribution < 1.29 is 14.1 Å². The fourth-order valence-electron chi connectivity index (χ4n) is 3.81. The van der Waals surface area contributed by atoms with Crippen LogP contribution >= 0.6 is 0 Å². The first kappa shape index (κ1) is 23.9. The van der Waals surface area contributed by atoms with Crippen LogP contribution in [0.5, 0.6) is 5.75 Å². The number of methoxy groups -OCH3 is 1. The summed E-state index contributed by atoms with van der Waals surface area (Å²) in [4.78, 5) is 21.2. The number of carbonyl (C=O) groups is 1. The highest BCUT2D eigenvalue weighted by Gasteiger charge is 2.22. The van der Waals surface area contributed by atoms with Crippen molar-refractivity contribution in [2.24, 2.45) is 0 Å². The summed E-state index contributed by atoms with van der Waals surface area (Å²) in [5, 5.41) is 14.0. The van der Waals surface area contributed by atoms with Crippen LogP contribution in [-0.2, 0) is 13.1 Å². The summed E-state index contributed by atoms with van der Waals surface area (Å²) in [5.41, 5.74) is 3.16. The molecule has 4 aromatic rings. The van der Waals surface area contributed by atoms with Gasteiger partial charge >= 0.3 is 5.82 Å². The quantitative estimate of drug-likeness (QED) is 0.304. The van der Waals surface area contributed by atoms with Crippen LogP contribution in [-0.4, -0.2) is 33.2 Å². The smallest absolute Gasteiger partial charge is 0.327 e. The predicted molar refractivity (Wildman–Crippen MR) is 133 cm³/mol. The number of H-pyrrole nitrogens is 1. The van der Waals surface area contributed by atoms with Crippen molar-refractivity contribution in [3.05, 3.63) is 84.1 Å². The third-order valence-corrected chi connectivity index (χ3v) is 5.66. The van der Waals surface area contributed by atoms with E-state index in [0.29, 0.717) is 12.1 Å². The molecule has 0 aliphatic rings. The summed E-state index contributed by atoms with van der Waals surface area (Å²) in [7, 11) is 1.63. The van der Waals surface area contributed by atoms with E-state index >= 15 is 0 Å². The van der Waals surface area contributed by atoms with E-state index in [2.05, 4.69) is 42.3 Å². The second-order valence-corrected chi connectivity index (χ2v) is 8.15. The van der Waals surface area contributed by atoms with Gasteiger partial charge in [-0.15, -0.1) is 5.10 Å². The molecule has 0 unspecified atom stereocenters. The molecule has 2 heterocycles. The van der Waals surface area contributed by atoms with Gasteiger partial charge in [-0.1, -0.05) is 25.1 Å². The van der Waals surface area contributed by atoms with Gasteiger partial charge in [0.1, 0.15) is 24.3 Å². The highest BCUT2D eigenvalue weighted by Crippen LogP contribution is 2.20. The SMILES string of the molecule is CCC[n+]1c(-c2ccncn2)n[nH]c1CNc1cccc(C(=O)N[C@@H](C)c2cccc(OC)c2)c1. The van der Waals surface area contributed by atoms with E-state index in [9.17, 15) is 4.79 Å². The lowest BCUT2D eigenvalue weighted by Crippen LogP contribution is -2.39. The van der Waals surface area contributed by atoms with Crippen LogP contribution in [0.15, 0.2) is 67.1 Å². The van der Waals surface area contributed by atoms with Crippen molar-refractivity contribution in [2.45, 2.75) is 39.4 Å². The molecule has 0 radical (unpaired) electrons. The number of aromatic nitrogens is 5. The lowest BCUT2D eigenvalue weighted by Gasteiger charge is -2.16. The Morgan fingerprint density at radius 1 is 1.17 bits per heavy atom. The Kier molecular flexibility index (Phi) is 7.67. The Morgan fingerprint density at radius 3 is 2.80 bits per heavy atom. The Bertz CT molecular complexity index is 1270. The molecular formula is C26H30N7O2+. The van der Waals surface area contributed by atoms with Gasteiger partial charge in [0, 0.05) is 22.5 Å². The lowest BCUT2D eigenvalue weighted by molar-refractivity contribution is -0.693. The molecule has 3 N–H and O–H groups in total. The van der Waals surface area contributed by atoms with Crippen LogP contribution in [0.1, 0.15) is 48.1 Å². The third kappa shape index (κ3) is 5.81. The topological polar surface area (TPSA) is 109 Å². The van der Waals surface area contributed by atoms with Crippen molar-refractivity contribution in [1.29, 1.82) is 0 Å². The van der Waals surface area contributed by atoms with Crippen LogP contribution in [0.3, 0.4) is 0 Å². The van der Waals surface area contributed by atoms with Gasteiger partial charge in [-0.3, -0.25) is 4.79 Å². The molecule has 0 saturated carbocycles. The average molecular weight is 473 g/mol. The van der Waals surface area contributed by atoms with Crippen LogP contribution < -0.4 is 19.9 Å². The number of carbonyl (C=O) groups excluding carboxylic acids is 1. The summed E-state index contributed by atoms with van der Waals surface area (Å²) >= 11 is 0. The molecule has 1 atom stereocenters. The summed E-state index contributed by atoms with van der Waals surface area (Å²) in [5.74, 6) is 2.31. The van der Waals surface area contributed by atoms with Crippen molar-refractivity contribution in [3.8, 4) is 17.3 Å². The van der Waals surface area contributed by atoms with Gasteiger partial charge < -0.3 is 15.4 Å². The summed E-state index contributed by atoms with van der Waals surface area (Å²) in [6, 6.07) is 16.8. The molecule has 9 nitrogen and oxygen atoms in total. The first-order valence-corrected chi connectivity index (χ1v) is 11.6. The minimum Gasteiger partial charge on any atom is -0.497 e. The van der Waals surface area contributed by atoms with E-state index in [0.717, 1.165) is 47.3 Å².